The topological polar surface area (TPSA) is 18.5 Å². The molecule has 0 saturated carbocycles. The smallest absolute Gasteiger partial charge is 0.133 e. The fourth-order valence-electron chi connectivity index (χ4n) is 2.33. The first-order valence-electron chi connectivity index (χ1n) is 8.68. The van der Waals surface area contributed by atoms with Gasteiger partial charge in [0.1, 0.15) is 11.5 Å². The maximum absolute atomic E-state index is 5.82. The second kappa shape index (κ2) is 10.9. The van der Waals surface area contributed by atoms with Crippen LogP contribution >= 0.6 is 35.3 Å². The third kappa shape index (κ3) is 6.08. The largest absolute Gasteiger partial charge is 0.493 e. The van der Waals surface area contributed by atoms with Crippen molar-refractivity contribution in [2.45, 2.75) is 47.3 Å². The summed E-state index contributed by atoms with van der Waals surface area (Å²) in [6.45, 7) is 9.74. The minimum Gasteiger partial charge on any atom is -0.493 e. The minimum atomic E-state index is 0.683. The molecule has 0 radical (unpaired) electrons. The number of rotatable bonds is 10. The van der Waals surface area contributed by atoms with E-state index >= 15 is 0 Å². The van der Waals surface area contributed by atoms with Gasteiger partial charge >= 0.3 is 0 Å². The van der Waals surface area contributed by atoms with Crippen LogP contribution in [0.15, 0.2) is 56.0 Å². The Hall–Kier alpha value is -0.910. The molecular weight excluding hydrogens is 368 g/mol. The van der Waals surface area contributed by atoms with Crippen molar-refractivity contribution in [3.63, 3.8) is 0 Å². The van der Waals surface area contributed by atoms with Crippen molar-refractivity contribution in [3.8, 4) is 11.5 Å². The molecule has 2 aromatic carbocycles. The van der Waals surface area contributed by atoms with E-state index in [1.54, 1.807) is 11.8 Å². The average molecular weight is 395 g/mol. The standard InChI is InChI=1S/C20H26O2S3/c1-5-21-17-13-15(9-11-19(17)23-7-3)25-16-10-12-20(24-8-4)18(14-16)22-6-2/h9-14H,5-8H2,1-4H3. The second-order valence-corrected chi connectivity index (χ2v) is 8.81. The van der Waals surface area contributed by atoms with Crippen LogP contribution in [0.4, 0.5) is 0 Å². The predicted molar refractivity (Wildman–Crippen MR) is 112 cm³/mol. The molecule has 0 unspecified atom stereocenters. The molecule has 0 spiro atoms. The summed E-state index contributed by atoms with van der Waals surface area (Å²) in [7, 11) is 0. The van der Waals surface area contributed by atoms with Gasteiger partial charge in [-0.05, 0) is 61.8 Å². The average Bonchev–Trinajstić information content (AvgIpc) is 2.60. The Balaban J connectivity index is 2.23. The van der Waals surface area contributed by atoms with Crippen molar-refractivity contribution in [2.24, 2.45) is 0 Å². The molecule has 0 atom stereocenters. The lowest BCUT2D eigenvalue weighted by Crippen LogP contribution is -1.94. The second-order valence-electron chi connectivity index (χ2n) is 5.05. The first-order valence-corrected chi connectivity index (χ1v) is 11.5. The summed E-state index contributed by atoms with van der Waals surface area (Å²) in [6.07, 6.45) is 0. The summed E-state index contributed by atoms with van der Waals surface area (Å²) in [5, 5.41) is 0. The van der Waals surface area contributed by atoms with E-state index in [2.05, 4.69) is 50.2 Å². The van der Waals surface area contributed by atoms with Gasteiger partial charge in [0, 0.05) is 19.6 Å². The van der Waals surface area contributed by atoms with Gasteiger partial charge in [0.05, 0.1) is 13.2 Å². The third-order valence-corrected chi connectivity index (χ3v) is 6.12. The summed E-state index contributed by atoms with van der Waals surface area (Å²) in [5.41, 5.74) is 0. The molecule has 2 nitrogen and oxygen atoms in total. The monoisotopic (exact) mass is 394 g/mol. The first kappa shape index (κ1) is 20.4. The van der Waals surface area contributed by atoms with Gasteiger partial charge in [0.15, 0.2) is 0 Å². The molecule has 0 aliphatic carbocycles. The number of hydrogen-bond donors (Lipinski definition) is 0. The summed E-state index contributed by atoms with van der Waals surface area (Å²) < 4.78 is 11.6. The van der Waals surface area contributed by atoms with Gasteiger partial charge in [-0.15, -0.1) is 23.5 Å². The lowest BCUT2D eigenvalue weighted by Gasteiger charge is -2.13. The van der Waals surface area contributed by atoms with E-state index in [0.29, 0.717) is 13.2 Å². The van der Waals surface area contributed by atoms with Crippen molar-refractivity contribution >= 4 is 35.3 Å². The number of thioether (sulfide) groups is 2. The Morgan fingerprint density at radius 3 is 1.48 bits per heavy atom. The van der Waals surface area contributed by atoms with E-state index < -0.39 is 0 Å². The molecule has 0 aliphatic heterocycles. The zero-order chi connectivity index (χ0) is 18.1. The highest BCUT2D eigenvalue weighted by molar-refractivity contribution is 8.00. The molecule has 0 aromatic heterocycles. The van der Waals surface area contributed by atoms with Crippen LogP contribution < -0.4 is 9.47 Å². The van der Waals surface area contributed by atoms with Gasteiger partial charge in [-0.25, -0.2) is 0 Å². The summed E-state index contributed by atoms with van der Waals surface area (Å²) in [5.74, 6) is 4.03. The fraction of sp³-hybridized carbons (Fsp3) is 0.400. The normalized spacial score (nSPS) is 10.7. The van der Waals surface area contributed by atoms with Crippen LogP contribution in [0.5, 0.6) is 11.5 Å². The minimum absolute atomic E-state index is 0.683. The molecule has 0 amide bonds. The van der Waals surface area contributed by atoms with Gasteiger partial charge in [0.25, 0.3) is 0 Å². The molecule has 136 valence electrons. The Labute approximate surface area is 164 Å². The van der Waals surface area contributed by atoms with Crippen molar-refractivity contribution in [3.05, 3.63) is 36.4 Å². The Bertz CT molecular complexity index is 616. The molecule has 0 fully saturated rings. The van der Waals surface area contributed by atoms with E-state index in [-0.39, 0.29) is 0 Å². The van der Waals surface area contributed by atoms with Crippen molar-refractivity contribution in [2.75, 3.05) is 24.7 Å². The number of benzene rings is 2. The molecule has 5 heteroatoms. The van der Waals surface area contributed by atoms with Gasteiger partial charge in [-0.2, -0.15) is 0 Å². The molecular formula is C20H26O2S3. The van der Waals surface area contributed by atoms with E-state index in [4.69, 9.17) is 9.47 Å². The highest BCUT2D eigenvalue weighted by Crippen LogP contribution is 2.39. The van der Waals surface area contributed by atoms with Crippen molar-refractivity contribution in [1.29, 1.82) is 0 Å². The number of hydrogen-bond acceptors (Lipinski definition) is 5. The maximum Gasteiger partial charge on any atom is 0.133 e. The van der Waals surface area contributed by atoms with Crippen LogP contribution in [0, 0.1) is 0 Å². The van der Waals surface area contributed by atoms with Crippen LogP contribution in [0.1, 0.15) is 27.7 Å². The van der Waals surface area contributed by atoms with E-state index in [9.17, 15) is 0 Å². The van der Waals surface area contributed by atoms with E-state index in [0.717, 1.165) is 23.0 Å². The zero-order valence-electron chi connectivity index (χ0n) is 15.3. The molecule has 0 aliphatic rings. The van der Waals surface area contributed by atoms with E-state index in [1.807, 2.05) is 37.4 Å². The van der Waals surface area contributed by atoms with Crippen molar-refractivity contribution < 1.29 is 9.47 Å². The summed E-state index contributed by atoms with van der Waals surface area (Å²) >= 11 is 5.38. The van der Waals surface area contributed by atoms with Gasteiger partial charge in [-0.3, -0.25) is 0 Å². The van der Waals surface area contributed by atoms with Crippen LogP contribution in [0.25, 0.3) is 0 Å². The van der Waals surface area contributed by atoms with Gasteiger partial charge in [0.2, 0.25) is 0 Å². The number of ether oxygens (including phenoxy) is 2. The van der Waals surface area contributed by atoms with Crippen LogP contribution in [0.3, 0.4) is 0 Å². The van der Waals surface area contributed by atoms with Gasteiger partial charge in [-0.1, -0.05) is 25.6 Å². The quantitative estimate of drug-likeness (QED) is 0.409. The molecule has 0 bridgehead atoms. The lowest BCUT2D eigenvalue weighted by atomic mass is 10.3. The van der Waals surface area contributed by atoms with Crippen molar-refractivity contribution in [1.82, 2.24) is 0 Å². The Morgan fingerprint density at radius 2 is 1.12 bits per heavy atom. The summed E-state index contributed by atoms with van der Waals surface area (Å²) in [4.78, 5) is 4.78. The van der Waals surface area contributed by atoms with Crippen LogP contribution in [-0.2, 0) is 0 Å². The Morgan fingerprint density at radius 1 is 0.680 bits per heavy atom. The third-order valence-electron chi connectivity index (χ3n) is 3.27. The molecule has 2 aromatic rings. The molecule has 2 rings (SSSR count). The molecule has 0 saturated heterocycles. The van der Waals surface area contributed by atoms with Gasteiger partial charge < -0.3 is 9.47 Å². The predicted octanol–water partition coefficient (Wildman–Crippen LogP) is 6.86. The van der Waals surface area contributed by atoms with E-state index in [1.165, 1.54) is 19.6 Å². The maximum atomic E-state index is 5.82. The highest BCUT2D eigenvalue weighted by atomic mass is 32.2. The molecule has 0 N–H and O–H groups in total. The SMILES string of the molecule is CCOc1cc(Sc2ccc(SCC)c(OCC)c2)ccc1SCC. The Kier molecular flexibility index (Phi) is 8.93. The molecule has 25 heavy (non-hydrogen) atoms. The molecule has 0 heterocycles. The highest BCUT2D eigenvalue weighted by Gasteiger charge is 2.09. The fourth-order valence-corrected chi connectivity index (χ4v) is 4.67. The summed E-state index contributed by atoms with van der Waals surface area (Å²) in [6, 6.07) is 12.9. The zero-order valence-corrected chi connectivity index (χ0v) is 17.8. The first-order chi connectivity index (χ1) is 12.2. The van der Waals surface area contributed by atoms with Crippen LogP contribution in [-0.4, -0.2) is 24.7 Å². The lowest BCUT2D eigenvalue weighted by molar-refractivity contribution is 0.331. The van der Waals surface area contributed by atoms with Crippen LogP contribution in [0.2, 0.25) is 0 Å².